The van der Waals surface area contributed by atoms with Crippen LogP contribution in [0.15, 0.2) is 82.7 Å². The number of carbonyl (C=O) groups is 1. The third kappa shape index (κ3) is 5.73. The van der Waals surface area contributed by atoms with Crippen molar-refractivity contribution in [3.63, 3.8) is 0 Å². The van der Waals surface area contributed by atoms with Crippen LogP contribution >= 0.6 is 11.8 Å². The maximum Gasteiger partial charge on any atom is 0.266 e. The van der Waals surface area contributed by atoms with Crippen LogP contribution in [0.5, 0.6) is 11.5 Å². The smallest absolute Gasteiger partial charge is 0.266 e. The summed E-state index contributed by atoms with van der Waals surface area (Å²) in [7, 11) is 1.62. The van der Waals surface area contributed by atoms with E-state index in [4.69, 9.17) is 14.5 Å². The molecule has 0 atom stereocenters. The Morgan fingerprint density at radius 3 is 2.54 bits per heavy atom. The molecule has 3 aromatic rings. The first-order valence-electron chi connectivity index (χ1n) is 11.3. The number of nitriles is 1. The first kappa shape index (κ1) is 24.1. The van der Waals surface area contributed by atoms with Crippen molar-refractivity contribution in [3.05, 3.63) is 94.4 Å². The lowest BCUT2D eigenvalue weighted by Crippen LogP contribution is -2.29. The van der Waals surface area contributed by atoms with Gasteiger partial charge >= 0.3 is 0 Å². The van der Waals surface area contributed by atoms with E-state index in [0.29, 0.717) is 27.9 Å². The summed E-state index contributed by atoms with van der Waals surface area (Å²) in [6.07, 6.45) is 2.66. The van der Waals surface area contributed by atoms with E-state index in [-0.39, 0.29) is 12.5 Å². The molecular weight excluding hydrogens is 458 g/mol. The highest BCUT2D eigenvalue weighted by Crippen LogP contribution is 2.36. The second kappa shape index (κ2) is 11.4. The van der Waals surface area contributed by atoms with Crippen LogP contribution < -0.4 is 9.47 Å². The van der Waals surface area contributed by atoms with Crippen LogP contribution in [0.25, 0.3) is 6.08 Å². The van der Waals surface area contributed by atoms with Crippen molar-refractivity contribution in [1.29, 1.82) is 5.26 Å². The Morgan fingerprint density at radius 2 is 1.80 bits per heavy atom. The number of amides is 1. The number of hydrogen-bond acceptors (Lipinski definition) is 6. The zero-order chi connectivity index (χ0) is 24.6. The number of ether oxygens (including phenoxy) is 2. The Balaban J connectivity index is 1.59. The van der Waals surface area contributed by atoms with E-state index in [1.165, 1.54) is 11.8 Å². The van der Waals surface area contributed by atoms with E-state index in [1.807, 2.05) is 79.7 Å². The molecule has 0 aliphatic carbocycles. The van der Waals surface area contributed by atoms with Crippen LogP contribution in [0.4, 0.5) is 5.69 Å². The fourth-order valence-corrected chi connectivity index (χ4v) is 4.58. The first-order valence-corrected chi connectivity index (χ1v) is 12.1. The highest BCUT2D eigenvalue weighted by Gasteiger charge is 2.33. The van der Waals surface area contributed by atoms with Gasteiger partial charge in [-0.1, -0.05) is 43.3 Å². The molecule has 0 spiro atoms. The Hall–Kier alpha value is -4.02. The monoisotopic (exact) mass is 483 g/mol. The normalized spacial score (nSPS) is 15.5. The van der Waals surface area contributed by atoms with Gasteiger partial charge in [-0.2, -0.15) is 5.26 Å². The van der Waals surface area contributed by atoms with E-state index < -0.39 is 0 Å². The van der Waals surface area contributed by atoms with E-state index >= 15 is 0 Å². The molecule has 6 nitrogen and oxygen atoms in total. The molecule has 0 bridgehead atoms. The first-order chi connectivity index (χ1) is 17.1. The van der Waals surface area contributed by atoms with Gasteiger partial charge in [0.2, 0.25) is 0 Å². The molecule has 35 heavy (non-hydrogen) atoms. The maximum absolute atomic E-state index is 13.2. The number of hydrogen-bond donors (Lipinski definition) is 0. The molecule has 0 aromatic heterocycles. The van der Waals surface area contributed by atoms with Gasteiger partial charge in [0.1, 0.15) is 18.1 Å². The van der Waals surface area contributed by atoms with Crippen LogP contribution in [0, 0.1) is 11.3 Å². The topological polar surface area (TPSA) is 74.9 Å². The van der Waals surface area contributed by atoms with E-state index in [0.717, 1.165) is 29.0 Å². The average Bonchev–Trinajstić information content (AvgIpc) is 3.18. The third-order valence-corrected chi connectivity index (χ3v) is 6.37. The minimum absolute atomic E-state index is 0.0752. The molecule has 0 unspecified atom stereocenters. The largest absolute Gasteiger partial charge is 0.497 e. The fourth-order valence-electron chi connectivity index (χ4n) is 3.56. The summed E-state index contributed by atoms with van der Waals surface area (Å²) < 4.78 is 11.3. The molecule has 1 fully saturated rings. The van der Waals surface area contributed by atoms with Crippen molar-refractivity contribution in [2.45, 2.75) is 20.0 Å². The lowest BCUT2D eigenvalue weighted by atomic mass is 10.1. The summed E-state index contributed by atoms with van der Waals surface area (Å²) in [6, 6.07) is 24.5. The summed E-state index contributed by atoms with van der Waals surface area (Å²) in [5.41, 5.74) is 2.94. The molecule has 1 saturated heterocycles. The highest BCUT2D eigenvalue weighted by atomic mass is 32.2. The summed E-state index contributed by atoms with van der Waals surface area (Å²) in [6.45, 7) is 2.88. The lowest BCUT2D eigenvalue weighted by Gasteiger charge is -2.14. The summed E-state index contributed by atoms with van der Waals surface area (Å²) in [4.78, 5) is 20.3. The summed E-state index contributed by atoms with van der Waals surface area (Å²) in [5.74, 6) is 1.32. The van der Waals surface area contributed by atoms with Crippen molar-refractivity contribution >= 4 is 34.6 Å². The van der Waals surface area contributed by atoms with Gasteiger partial charge in [-0.25, -0.2) is 4.99 Å². The Morgan fingerprint density at radius 1 is 1.06 bits per heavy atom. The number of methoxy groups -OCH3 is 1. The van der Waals surface area contributed by atoms with Crippen molar-refractivity contribution in [1.82, 2.24) is 4.90 Å². The molecule has 1 aliphatic rings. The van der Waals surface area contributed by atoms with Gasteiger partial charge in [-0.3, -0.25) is 9.69 Å². The number of amidine groups is 1. The van der Waals surface area contributed by atoms with Gasteiger partial charge < -0.3 is 9.47 Å². The number of para-hydroxylation sites is 1. The molecular formula is C28H25N3O3S. The molecule has 0 N–H and O–H groups in total. The van der Waals surface area contributed by atoms with Crippen molar-refractivity contribution in [3.8, 4) is 17.6 Å². The molecule has 0 radical (unpaired) electrons. The predicted molar refractivity (Wildman–Crippen MR) is 140 cm³/mol. The zero-order valence-electron chi connectivity index (χ0n) is 19.6. The molecule has 3 aromatic carbocycles. The van der Waals surface area contributed by atoms with Gasteiger partial charge in [-0.15, -0.1) is 0 Å². The van der Waals surface area contributed by atoms with Crippen LogP contribution in [0.3, 0.4) is 0 Å². The number of rotatable bonds is 8. The molecule has 4 rings (SSSR count). The summed E-state index contributed by atoms with van der Waals surface area (Å²) >= 11 is 1.35. The number of thioether (sulfide) groups is 1. The van der Waals surface area contributed by atoms with Crippen molar-refractivity contribution in [2.75, 3.05) is 13.7 Å². The molecule has 1 aliphatic heterocycles. The molecule has 1 heterocycles. The fraction of sp³-hybridized carbons (Fsp3) is 0.179. The third-order valence-electron chi connectivity index (χ3n) is 5.36. The Bertz CT molecular complexity index is 1310. The Kier molecular flexibility index (Phi) is 7.86. The molecule has 7 heteroatoms. The van der Waals surface area contributed by atoms with E-state index in [9.17, 15) is 10.1 Å². The van der Waals surface area contributed by atoms with Gasteiger partial charge in [-0.05, 0) is 60.7 Å². The standard InChI is InChI=1S/C28H25N3O3S/c1-3-16-31-27(32)26(35-28(31)30-23-12-14-24(33-2)15-13-23)17-20-8-6-7-11-25(20)34-19-22-10-5-4-9-21(22)18-29/h4-15,17H,3,16,19H2,1-2H3/b26-17-,30-28?. The average molecular weight is 484 g/mol. The molecule has 176 valence electrons. The van der Waals surface area contributed by atoms with Gasteiger partial charge in [0.25, 0.3) is 5.91 Å². The van der Waals surface area contributed by atoms with Crippen molar-refractivity contribution < 1.29 is 14.3 Å². The Labute approximate surface area is 209 Å². The minimum atomic E-state index is -0.0752. The highest BCUT2D eigenvalue weighted by molar-refractivity contribution is 8.18. The predicted octanol–water partition coefficient (Wildman–Crippen LogP) is 6.16. The SMILES string of the molecule is CCCN1C(=O)/C(=C/c2ccccc2OCc2ccccc2C#N)SC1=Nc1ccc(OC)cc1. The second-order valence-corrected chi connectivity index (χ2v) is 8.76. The lowest BCUT2D eigenvalue weighted by molar-refractivity contribution is -0.122. The molecule has 1 amide bonds. The summed E-state index contributed by atoms with van der Waals surface area (Å²) in [5, 5.41) is 9.98. The quantitative estimate of drug-likeness (QED) is 0.359. The van der Waals surface area contributed by atoms with Gasteiger partial charge in [0.05, 0.1) is 29.3 Å². The number of benzene rings is 3. The molecule has 0 saturated carbocycles. The zero-order valence-corrected chi connectivity index (χ0v) is 20.4. The van der Waals surface area contributed by atoms with Gasteiger partial charge in [0, 0.05) is 17.7 Å². The van der Waals surface area contributed by atoms with Gasteiger partial charge in [0.15, 0.2) is 5.17 Å². The number of aliphatic imine (C=N–C) groups is 1. The number of nitrogens with zero attached hydrogens (tertiary/aromatic N) is 3. The van der Waals surface area contributed by atoms with Crippen LogP contribution in [-0.4, -0.2) is 29.6 Å². The number of carbonyl (C=O) groups excluding carboxylic acids is 1. The van der Waals surface area contributed by atoms with E-state index in [1.54, 1.807) is 18.1 Å². The maximum atomic E-state index is 13.2. The van der Waals surface area contributed by atoms with Crippen molar-refractivity contribution in [2.24, 2.45) is 4.99 Å². The van der Waals surface area contributed by atoms with Crippen LogP contribution in [0.2, 0.25) is 0 Å². The van der Waals surface area contributed by atoms with Crippen LogP contribution in [-0.2, 0) is 11.4 Å². The second-order valence-electron chi connectivity index (χ2n) is 7.76. The van der Waals surface area contributed by atoms with E-state index in [2.05, 4.69) is 6.07 Å². The van der Waals surface area contributed by atoms with Crippen LogP contribution in [0.1, 0.15) is 30.0 Å². The minimum Gasteiger partial charge on any atom is -0.497 e.